The third kappa shape index (κ3) is 3.34. The van der Waals surface area contributed by atoms with Gasteiger partial charge in [0.05, 0.1) is 0 Å². The van der Waals surface area contributed by atoms with Crippen molar-refractivity contribution in [2.75, 3.05) is 32.7 Å². The minimum absolute atomic E-state index is 0.00309. The highest BCUT2D eigenvalue weighted by atomic mass is 79.9. The van der Waals surface area contributed by atoms with Crippen LogP contribution in [0.4, 0.5) is 0 Å². The van der Waals surface area contributed by atoms with E-state index in [0.717, 1.165) is 49.2 Å². The smallest absolute Gasteiger partial charge is 0.160 e. The zero-order chi connectivity index (χ0) is 12.3. The lowest BCUT2D eigenvalue weighted by atomic mass is 10.1. The molecule has 1 aromatic rings. The molecule has 5 heteroatoms. The molecule has 1 aliphatic rings. The molecule has 0 radical (unpaired) electrons. The molecule has 0 bridgehead atoms. The highest BCUT2D eigenvalue weighted by Crippen LogP contribution is 2.32. The normalized spacial score (nSPS) is 17.2. The number of phenols is 2. The molecule has 17 heavy (non-hydrogen) atoms. The Balaban J connectivity index is 1.98. The number of nitrogens with zero attached hydrogens (tertiary/aromatic N) is 1. The molecular formula is C12H17BrN2O2. The average Bonchev–Trinajstić information content (AvgIpc) is 2.33. The zero-order valence-electron chi connectivity index (χ0n) is 9.62. The number of aromatic hydroxyl groups is 2. The fraction of sp³-hybridized carbons (Fsp3) is 0.500. The van der Waals surface area contributed by atoms with Gasteiger partial charge in [-0.05, 0) is 18.6 Å². The molecule has 0 amide bonds. The van der Waals surface area contributed by atoms with Gasteiger partial charge in [0.25, 0.3) is 0 Å². The van der Waals surface area contributed by atoms with Crippen LogP contribution in [0.3, 0.4) is 0 Å². The van der Waals surface area contributed by atoms with Gasteiger partial charge in [0.1, 0.15) is 0 Å². The third-order valence-electron chi connectivity index (χ3n) is 3.04. The van der Waals surface area contributed by atoms with Crippen molar-refractivity contribution in [1.82, 2.24) is 10.2 Å². The van der Waals surface area contributed by atoms with E-state index in [-0.39, 0.29) is 11.5 Å². The molecule has 1 aliphatic heterocycles. The van der Waals surface area contributed by atoms with Gasteiger partial charge in [-0.25, -0.2) is 0 Å². The monoisotopic (exact) mass is 300 g/mol. The Morgan fingerprint density at radius 2 is 1.94 bits per heavy atom. The van der Waals surface area contributed by atoms with Gasteiger partial charge in [-0.2, -0.15) is 0 Å². The summed E-state index contributed by atoms with van der Waals surface area (Å²) in [5, 5.41) is 22.6. The SMILES string of the molecule is Oc1cc(Br)cc(CCN2CCNCC2)c1O. The fourth-order valence-electron chi connectivity index (χ4n) is 2.04. The van der Waals surface area contributed by atoms with Gasteiger partial charge >= 0.3 is 0 Å². The van der Waals surface area contributed by atoms with E-state index in [2.05, 4.69) is 26.1 Å². The van der Waals surface area contributed by atoms with Crippen LogP contribution in [0, 0.1) is 0 Å². The van der Waals surface area contributed by atoms with Gasteiger partial charge < -0.3 is 20.4 Å². The van der Waals surface area contributed by atoms with Crippen LogP contribution in [0.15, 0.2) is 16.6 Å². The van der Waals surface area contributed by atoms with Gasteiger partial charge in [-0.3, -0.25) is 0 Å². The zero-order valence-corrected chi connectivity index (χ0v) is 11.2. The molecule has 0 saturated carbocycles. The average molecular weight is 301 g/mol. The molecule has 1 saturated heterocycles. The van der Waals surface area contributed by atoms with Crippen molar-refractivity contribution < 1.29 is 10.2 Å². The molecule has 0 atom stereocenters. The molecule has 0 unspecified atom stereocenters. The summed E-state index contributed by atoms with van der Waals surface area (Å²) in [6.07, 6.45) is 0.749. The molecule has 2 rings (SSSR count). The van der Waals surface area contributed by atoms with Crippen LogP contribution < -0.4 is 5.32 Å². The van der Waals surface area contributed by atoms with Gasteiger partial charge in [0, 0.05) is 42.8 Å². The number of piperazine rings is 1. The van der Waals surface area contributed by atoms with E-state index in [9.17, 15) is 10.2 Å². The number of hydrogen-bond donors (Lipinski definition) is 3. The van der Waals surface area contributed by atoms with Crippen LogP contribution in [-0.4, -0.2) is 47.8 Å². The van der Waals surface area contributed by atoms with E-state index in [1.807, 2.05) is 6.07 Å². The Morgan fingerprint density at radius 1 is 1.24 bits per heavy atom. The number of phenolic OH excluding ortho intramolecular Hbond substituents is 2. The Bertz CT molecular complexity index is 392. The van der Waals surface area contributed by atoms with Crippen molar-refractivity contribution in [1.29, 1.82) is 0 Å². The van der Waals surface area contributed by atoms with E-state index >= 15 is 0 Å². The molecule has 4 nitrogen and oxygen atoms in total. The van der Waals surface area contributed by atoms with Crippen LogP contribution in [0.2, 0.25) is 0 Å². The predicted octanol–water partition coefficient (Wildman–Crippen LogP) is 1.31. The molecule has 1 heterocycles. The van der Waals surface area contributed by atoms with Gasteiger partial charge in [0.2, 0.25) is 0 Å². The van der Waals surface area contributed by atoms with Crippen molar-refractivity contribution in [3.8, 4) is 11.5 Å². The first-order chi connectivity index (χ1) is 8.16. The Morgan fingerprint density at radius 3 is 2.65 bits per heavy atom. The Hall–Kier alpha value is -0.780. The molecule has 0 spiro atoms. The Kier molecular flexibility index (Phi) is 4.25. The second-order valence-corrected chi connectivity index (χ2v) is 5.19. The van der Waals surface area contributed by atoms with E-state index in [0.29, 0.717) is 0 Å². The number of hydrogen-bond acceptors (Lipinski definition) is 4. The molecule has 1 fully saturated rings. The summed E-state index contributed by atoms with van der Waals surface area (Å²) in [5.41, 5.74) is 0.787. The summed E-state index contributed by atoms with van der Waals surface area (Å²) in [4.78, 5) is 2.36. The van der Waals surface area contributed by atoms with Crippen LogP contribution in [0.1, 0.15) is 5.56 Å². The molecular weight excluding hydrogens is 284 g/mol. The molecule has 0 aromatic heterocycles. The summed E-state index contributed by atoms with van der Waals surface area (Å²) in [7, 11) is 0. The van der Waals surface area contributed by atoms with Gasteiger partial charge in [-0.1, -0.05) is 15.9 Å². The second-order valence-electron chi connectivity index (χ2n) is 4.27. The molecule has 3 N–H and O–H groups in total. The van der Waals surface area contributed by atoms with Crippen molar-refractivity contribution in [2.24, 2.45) is 0 Å². The maximum absolute atomic E-state index is 9.75. The van der Waals surface area contributed by atoms with Gasteiger partial charge in [0.15, 0.2) is 11.5 Å². The molecule has 1 aromatic carbocycles. The van der Waals surface area contributed by atoms with Crippen LogP contribution in [-0.2, 0) is 6.42 Å². The Labute approximate surface area is 109 Å². The maximum Gasteiger partial charge on any atom is 0.160 e. The second kappa shape index (κ2) is 5.71. The number of rotatable bonds is 3. The quantitative estimate of drug-likeness (QED) is 0.737. The fourth-order valence-corrected chi connectivity index (χ4v) is 2.54. The van der Waals surface area contributed by atoms with Crippen molar-refractivity contribution >= 4 is 15.9 Å². The summed E-state index contributed by atoms with van der Waals surface area (Å²) in [6.45, 7) is 5.04. The lowest BCUT2D eigenvalue weighted by Crippen LogP contribution is -2.44. The first-order valence-corrected chi connectivity index (χ1v) is 6.59. The van der Waals surface area contributed by atoms with Crippen molar-refractivity contribution in [3.05, 3.63) is 22.2 Å². The minimum Gasteiger partial charge on any atom is -0.504 e. The largest absolute Gasteiger partial charge is 0.504 e. The van der Waals surface area contributed by atoms with Crippen molar-refractivity contribution in [3.63, 3.8) is 0 Å². The number of benzene rings is 1. The lowest BCUT2D eigenvalue weighted by Gasteiger charge is -2.27. The van der Waals surface area contributed by atoms with Gasteiger partial charge in [-0.15, -0.1) is 0 Å². The standard InChI is InChI=1S/C12H17BrN2O2/c13-10-7-9(12(17)11(16)8-10)1-4-15-5-2-14-3-6-15/h7-8,14,16-17H,1-6H2. The summed E-state index contributed by atoms with van der Waals surface area (Å²) in [5.74, 6) is -0.0574. The first kappa shape index (κ1) is 12.7. The number of halogens is 1. The summed E-state index contributed by atoms with van der Waals surface area (Å²) < 4.78 is 0.795. The van der Waals surface area contributed by atoms with E-state index in [1.165, 1.54) is 6.07 Å². The van der Waals surface area contributed by atoms with Crippen molar-refractivity contribution in [2.45, 2.75) is 6.42 Å². The molecule has 94 valence electrons. The highest BCUT2D eigenvalue weighted by molar-refractivity contribution is 9.10. The minimum atomic E-state index is -0.0605. The summed E-state index contributed by atoms with van der Waals surface area (Å²) >= 11 is 3.32. The maximum atomic E-state index is 9.75. The predicted molar refractivity (Wildman–Crippen MR) is 70.5 cm³/mol. The van der Waals surface area contributed by atoms with Crippen LogP contribution >= 0.6 is 15.9 Å². The van der Waals surface area contributed by atoms with E-state index < -0.39 is 0 Å². The van der Waals surface area contributed by atoms with Crippen LogP contribution in [0.25, 0.3) is 0 Å². The topological polar surface area (TPSA) is 55.7 Å². The highest BCUT2D eigenvalue weighted by Gasteiger charge is 2.12. The van der Waals surface area contributed by atoms with E-state index in [4.69, 9.17) is 0 Å². The number of nitrogens with one attached hydrogen (secondary N) is 1. The lowest BCUT2D eigenvalue weighted by molar-refractivity contribution is 0.243. The summed E-state index contributed by atoms with van der Waals surface area (Å²) in [6, 6.07) is 3.36. The molecule has 0 aliphatic carbocycles. The third-order valence-corrected chi connectivity index (χ3v) is 3.50. The first-order valence-electron chi connectivity index (χ1n) is 5.80. The van der Waals surface area contributed by atoms with Crippen LogP contribution in [0.5, 0.6) is 11.5 Å². The van der Waals surface area contributed by atoms with E-state index in [1.54, 1.807) is 0 Å².